The van der Waals surface area contributed by atoms with Gasteiger partial charge in [-0.3, -0.25) is 5.10 Å². The van der Waals surface area contributed by atoms with Gasteiger partial charge in [0.25, 0.3) is 0 Å². The van der Waals surface area contributed by atoms with Gasteiger partial charge in [0, 0.05) is 24.5 Å². The highest BCUT2D eigenvalue weighted by atomic mass is 35.5. The van der Waals surface area contributed by atoms with Gasteiger partial charge >= 0.3 is 0 Å². The van der Waals surface area contributed by atoms with Crippen LogP contribution in [-0.2, 0) is 6.54 Å². The van der Waals surface area contributed by atoms with Gasteiger partial charge in [-0.25, -0.2) is 0 Å². The van der Waals surface area contributed by atoms with Crippen LogP contribution < -0.4 is 5.32 Å². The lowest BCUT2D eigenvalue weighted by molar-refractivity contribution is 0.514. The maximum Gasteiger partial charge on any atom is 0.0595 e. The summed E-state index contributed by atoms with van der Waals surface area (Å²) in [6.07, 6.45) is 2.73. The summed E-state index contributed by atoms with van der Waals surface area (Å²) >= 11 is 12.0. The van der Waals surface area contributed by atoms with Gasteiger partial charge in [-0.05, 0) is 30.2 Å². The molecule has 5 heteroatoms. The first-order chi connectivity index (χ1) is 8.70. The summed E-state index contributed by atoms with van der Waals surface area (Å²) in [5, 5.41) is 11.5. The number of hydrogen-bond donors (Lipinski definition) is 2. The van der Waals surface area contributed by atoms with Crippen LogP contribution in [-0.4, -0.2) is 10.2 Å². The van der Waals surface area contributed by atoms with Crippen LogP contribution in [0.5, 0.6) is 0 Å². The predicted octanol–water partition coefficient (Wildman–Crippen LogP) is 3.96. The Hall–Kier alpha value is -1.03. The number of nitrogens with one attached hydrogen (secondary N) is 2. The van der Waals surface area contributed by atoms with E-state index in [0.29, 0.717) is 10.0 Å². The summed E-state index contributed by atoms with van der Waals surface area (Å²) in [7, 11) is 0. The highest BCUT2D eigenvalue weighted by Gasteiger charge is 2.10. The van der Waals surface area contributed by atoms with Crippen LogP contribution >= 0.6 is 23.2 Å². The number of hydrogen-bond acceptors (Lipinski definition) is 2. The number of halogens is 2. The fourth-order valence-electron chi connectivity index (χ4n) is 1.84. The van der Waals surface area contributed by atoms with Crippen LogP contribution in [0, 0.1) is 0 Å². The van der Waals surface area contributed by atoms with Crippen LogP contribution in [0.15, 0.2) is 30.5 Å². The fourth-order valence-corrected chi connectivity index (χ4v) is 2.15. The lowest BCUT2D eigenvalue weighted by Crippen LogP contribution is -2.20. The molecule has 1 heterocycles. The quantitative estimate of drug-likeness (QED) is 0.872. The molecule has 0 amide bonds. The topological polar surface area (TPSA) is 40.7 Å². The van der Waals surface area contributed by atoms with E-state index < -0.39 is 0 Å². The van der Waals surface area contributed by atoms with Gasteiger partial charge in [-0.1, -0.05) is 36.2 Å². The molecule has 0 aliphatic heterocycles. The molecule has 3 nitrogen and oxygen atoms in total. The fraction of sp³-hybridized carbons (Fsp3) is 0.308. The second-order valence-corrected chi connectivity index (χ2v) is 4.91. The number of rotatable bonds is 5. The van der Waals surface area contributed by atoms with E-state index in [9.17, 15) is 0 Å². The largest absolute Gasteiger partial charge is 0.304 e. The molecule has 0 bridgehead atoms. The molecular weight excluding hydrogens is 269 g/mol. The van der Waals surface area contributed by atoms with Gasteiger partial charge in [-0.2, -0.15) is 5.10 Å². The van der Waals surface area contributed by atoms with Crippen molar-refractivity contribution in [2.45, 2.75) is 25.9 Å². The molecule has 1 aromatic carbocycles. The molecule has 0 spiro atoms. The summed E-state index contributed by atoms with van der Waals surface area (Å²) in [4.78, 5) is 0. The van der Waals surface area contributed by atoms with E-state index in [-0.39, 0.29) is 6.04 Å². The molecule has 96 valence electrons. The van der Waals surface area contributed by atoms with Gasteiger partial charge in [-0.15, -0.1) is 0 Å². The average Bonchev–Trinajstić information content (AvgIpc) is 2.87. The first kappa shape index (κ1) is 13.4. The minimum atomic E-state index is 0.253. The molecule has 0 aliphatic carbocycles. The standard InChI is InChI=1S/C13H15Cl2N3/c1-2-13(16-8-10-5-6-17-18-10)9-3-4-11(14)12(15)7-9/h3-7,13,16H,2,8H2,1H3,(H,17,18). The first-order valence-electron chi connectivity index (χ1n) is 5.87. The van der Waals surface area contributed by atoms with Crippen LogP contribution in [0.1, 0.15) is 30.6 Å². The molecular formula is C13H15Cl2N3. The van der Waals surface area contributed by atoms with Crippen molar-refractivity contribution in [3.05, 3.63) is 51.8 Å². The molecule has 0 saturated heterocycles. The average molecular weight is 284 g/mol. The Labute approximate surface area is 117 Å². The van der Waals surface area contributed by atoms with Gasteiger partial charge in [0.1, 0.15) is 0 Å². The maximum absolute atomic E-state index is 6.04. The Morgan fingerprint density at radius 2 is 2.11 bits per heavy atom. The summed E-state index contributed by atoms with van der Waals surface area (Å²) < 4.78 is 0. The Bertz CT molecular complexity index is 497. The van der Waals surface area contributed by atoms with Crippen molar-refractivity contribution in [3.8, 4) is 0 Å². The third-order valence-electron chi connectivity index (χ3n) is 2.85. The summed E-state index contributed by atoms with van der Waals surface area (Å²) in [5.74, 6) is 0. The number of benzene rings is 1. The number of aromatic amines is 1. The molecule has 1 atom stereocenters. The Kier molecular flexibility index (Phi) is 4.64. The summed E-state index contributed by atoms with van der Waals surface area (Å²) in [5.41, 5.74) is 2.21. The lowest BCUT2D eigenvalue weighted by atomic mass is 10.0. The van der Waals surface area contributed by atoms with Crippen LogP contribution in [0.4, 0.5) is 0 Å². The van der Waals surface area contributed by atoms with Crippen molar-refractivity contribution in [2.75, 3.05) is 0 Å². The highest BCUT2D eigenvalue weighted by Crippen LogP contribution is 2.26. The van der Waals surface area contributed by atoms with Crippen molar-refractivity contribution in [1.82, 2.24) is 15.5 Å². The van der Waals surface area contributed by atoms with E-state index in [0.717, 1.165) is 24.2 Å². The van der Waals surface area contributed by atoms with Crippen molar-refractivity contribution >= 4 is 23.2 Å². The van der Waals surface area contributed by atoms with Crippen molar-refractivity contribution in [3.63, 3.8) is 0 Å². The minimum Gasteiger partial charge on any atom is -0.304 e. The molecule has 0 aliphatic rings. The minimum absolute atomic E-state index is 0.253. The second-order valence-electron chi connectivity index (χ2n) is 4.10. The Morgan fingerprint density at radius 3 is 2.72 bits per heavy atom. The van der Waals surface area contributed by atoms with Gasteiger partial charge in [0.05, 0.1) is 10.0 Å². The Balaban J connectivity index is 2.05. The van der Waals surface area contributed by atoms with Crippen molar-refractivity contribution in [2.24, 2.45) is 0 Å². The lowest BCUT2D eigenvalue weighted by Gasteiger charge is -2.17. The smallest absolute Gasteiger partial charge is 0.0595 e. The zero-order valence-electron chi connectivity index (χ0n) is 10.1. The highest BCUT2D eigenvalue weighted by molar-refractivity contribution is 6.42. The van der Waals surface area contributed by atoms with E-state index in [2.05, 4.69) is 22.4 Å². The SMILES string of the molecule is CCC(NCc1ccn[nH]1)c1ccc(Cl)c(Cl)c1. The Morgan fingerprint density at radius 1 is 1.28 bits per heavy atom. The molecule has 0 saturated carbocycles. The third-order valence-corrected chi connectivity index (χ3v) is 3.59. The van der Waals surface area contributed by atoms with E-state index in [1.807, 2.05) is 24.3 Å². The molecule has 1 aromatic heterocycles. The van der Waals surface area contributed by atoms with Crippen LogP contribution in [0.2, 0.25) is 10.0 Å². The molecule has 1 unspecified atom stereocenters. The molecule has 0 fully saturated rings. The molecule has 2 aromatic rings. The maximum atomic E-state index is 6.04. The van der Waals surface area contributed by atoms with E-state index in [1.54, 1.807) is 6.20 Å². The van der Waals surface area contributed by atoms with E-state index >= 15 is 0 Å². The summed E-state index contributed by atoms with van der Waals surface area (Å²) in [6, 6.07) is 7.96. The van der Waals surface area contributed by atoms with Crippen molar-refractivity contribution < 1.29 is 0 Å². The van der Waals surface area contributed by atoms with Crippen LogP contribution in [0.25, 0.3) is 0 Å². The second kappa shape index (κ2) is 6.23. The number of aromatic nitrogens is 2. The molecule has 0 radical (unpaired) electrons. The van der Waals surface area contributed by atoms with E-state index in [4.69, 9.17) is 23.2 Å². The monoisotopic (exact) mass is 283 g/mol. The van der Waals surface area contributed by atoms with Crippen molar-refractivity contribution in [1.29, 1.82) is 0 Å². The van der Waals surface area contributed by atoms with Gasteiger partial charge < -0.3 is 5.32 Å². The normalized spacial score (nSPS) is 12.6. The van der Waals surface area contributed by atoms with Crippen LogP contribution in [0.3, 0.4) is 0 Å². The van der Waals surface area contributed by atoms with Gasteiger partial charge in [0.2, 0.25) is 0 Å². The van der Waals surface area contributed by atoms with E-state index in [1.165, 1.54) is 0 Å². The molecule has 18 heavy (non-hydrogen) atoms. The number of nitrogens with zero attached hydrogens (tertiary/aromatic N) is 1. The van der Waals surface area contributed by atoms with Gasteiger partial charge in [0.15, 0.2) is 0 Å². The summed E-state index contributed by atoms with van der Waals surface area (Å²) in [6.45, 7) is 2.88. The zero-order chi connectivity index (χ0) is 13.0. The third kappa shape index (κ3) is 3.25. The zero-order valence-corrected chi connectivity index (χ0v) is 11.6. The predicted molar refractivity (Wildman–Crippen MR) is 74.9 cm³/mol. The number of H-pyrrole nitrogens is 1. The molecule has 2 N–H and O–H groups in total. The molecule has 2 rings (SSSR count). The first-order valence-corrected chi connectivity index (χ1v) is 6.63.